The minimum absolute atomic E-state index is 0.161. The summed E-state index contributed by atoms with van der Waals surface area (Å²) in [6.07, 6.45) is 1.43. The van der Waals surface area contributed by atoms with Gasteiger partial charge in [-0.1, -0.05) is 25.4 Å². The van der Waals surface area contributed by atoms with Crippen LogP contribution in [0.5, 0.6) is 0 Å². The summed E-state index contributed by atoms with van der Waals surface area (Å²) in [5.74, 6) is 0.835. The van der Waals surface area contributed by atoms with Gasteiger partial charge in [-0.3, -0.25) is 0 Å². The summed E-state index contributed by atoms with van der Waals surface area (Å²) in [7, 11) is 0. The second kappa shape index (κ2) is 6.66. The molecule has 4 nitrogen and oxygen atoms in total. The molecular weight excluding hydrogens is 226 g/mol. The zero-order valence-electron chi connectivity index (χ0n) is 9.73. The molecule has 2 rings (SSSR count). The summed E-state index contributed by atoms with van der Waals surface area (Å²) < 4.78 is 0. The molecule has 1 aromatic heterocycles. The van der Waals surface area contributed by atoms with Crippen LogP contribution in [0.25, 0.3) is 0 Å². The van der Waals surface area contributed by atoms with E-state index >= 15 is 0 Å². The summed E-state index contributed by atoms with van der Waals surface area (Å²) in [5.41, 5.74) is 0. The second-order valence-corrected chi connectivity index (χ2v) is 3.82. The van der Waals surface area contributed by atoms with Gasteiger partial charge >= 0.3 is 0 Å². The van der Waals surface area contributed by atoms with E-state index in [0.29, 0.717) is 5.15 Å². The number of aliphatic hydroxyl groups is 1. The van der Waals surface area contributed by atoms with Gasteiger partial charge in [0, 0.05) is 13.1 Å². The van der Waals surface area contributed by atoms with Crippen LogP contribution < -0.4 is 4.90 Å². The normalized spacial score (nSPS) is 16.6. The Morgan fingerprint density at radius 2 is 1.88 bits per heavy atom. The first kappa shape index (κ1) is 13.2. The van der Waals surface area contributed by atoms with Gasteiger partial charge in [0.15, 0.2) is 11.0 Å². The fourth-order valence-corrected chi connectivity index (χ4v) is 1.67. The molecule has 16 heavy (non-hydrogen) atoms. The molecule has 0 radical (unpaired) electrons. The van der Waals surface area contributed by atoms with Crippen LogP contribution in [-0.2, 0) is 0 Å². The average molecular weight is 244 g/mol. The fraction of sp³-hybridized carbons (Fsp3) is 0.636. The highest BCUT2D eigenvalue weighted by molar-refractivity contribution is 6.29. The summed E-state index contributed by atoms with van der Waals surface area (Å²) in [6.45, 7) is 5.66. The van der Waals surface area contributed by atoms with E-state index in [9.17, 15) is 5.11 Å². The molecule has 0 atom stereocenters. The van der Waals surface area contributed by atoms with Crippen LogP contribution in [0.1, 0.15) is 26.7 Å². The quantitative estimate of drug-likeness (QED) is 0.821. The largest absolute Gasteiger partial charge is 0.393 e. The van der Waals surface area contributed by atoms with E-state index in [-0.39, 0.29) is 6.10 Å². The Morgan fingerprint density at radius 3 is 2.38 bits per heavy atom. The molecule has 90 valence electrons. The maximum absolute atomic E-state index is 9.33. The fourth-order valence-electron chi connectivity index (χ4n) is 1.57. The number of hydrogen-bond donors (Lipinski definition) is 1. The van der Waals surface area contributed by atoms with Gasteiger partial charge in [-0.2, -0.15) is 0 Å². The van der Waals surface area contributed by atoms with Gasteiger partial charge < -0.3 is 10.0 Å². The molecule has 1 aromatic rings. The third kappa shape index (κ3) is 3.61. The number of rotatable bonds is 1. The van der Waals surface area contributed by atoms with Crippen molar-refractivity contribution >= 4 is 17.4 Å². The van der Waals surface area contributed by atoms with Crippen LogP contribution in [-0.4, -0.2) is 34.5 Å². The minimum Gasteiger partial charge on any atom is -0.393 e. The van der Waals surface area contributed by atoms with Gasteiger partial charge in [0.05, 0.1) is 6.10 Å². The highest BCUT2D eigenvalue weighted by Gasteiger charge is 2.17. The molecule has 0 spiro atoms. The molecule has 1 fully saturated rings. The lowest BCUT2D eigenvalue weighted by Crippen LogP contribution is -2.36. The van der Waals surface area contributed by atoms with Crippen LogP contribution in [0, 0.1) is 0 Å². The Labute approximate surface area is 101 Å². The van der Waals surface area contributed by atoms with Gasteiger partial charge in [-0.15, -0.1) is 10.2 Å². The Balaban J connectivity index is 0.000000606. The summed E-state index contributed by atoms with van der Waals surface area (Å²) in [5, 5.41) is 17.5. The lowest BCUT2D eigenvalue weighted by atomic mass is 10.1. The molecule has 1 saturated heterocycles. The first-order valence-electron chi connectivity index (χ1n) is 5.68. The maximum atomic E-state index is 9.33. The summed E-state index contributed by atoms with van der Waals surface area (Å²) >= 11 is 5.64. The Morgan fingerprint density at radius 1 is 1.25 bits per heavy atom. The summed E-state index contributed by atoms with van der Waals surface area (Å²) in [6, 6.07) is 3.59. The molecule has 0 amide bonds. The predicted octanol–water partition coefficient (Wildman–Crippen LogP) is 2.12. The third-order valence-corrected chi connectivity index (χ3v) is 2.61. The van der Waals surface area contributed by atoms with Crippen LogP contribution in [0.3, 0.4) is 0 Å². The van der Waals surface area contributed by atoms with Crippen molar-refractivity contribution in [3.05, 3.63) is 17.3 Å². The monoisotopic (exact) mass is 243 g/mol. The highest BCUT2D eigenvalue weighted by atomic mass is 35.5. The maximum Gasteiger partial charge on any atom is 0.151 e. The molecular formula is C11H18ClN3O. The molecule has 0 saturated carbocycles. The van der Waals surface area contributed by atoms with E-state index in [0.717, 1.165) is 31.7 Å². The molecule has 5 heteroatoms. The molecule has 0 bridgehead atoms. The Kier molecular flexibility index (Phi) is 5.49. The van der Waals surface area contributed by atoms with Crippen molar-refractivity contribution in [2.24, 2.45) is 0 Å². The smallest absolute Gasteiger partial charge is 0.151 e. The van der Waals surface area contributed by atoms with Crippen molar-refractivity contribution in [2.45, 2.75) is 32.8 Å². The number of piperidine rings is 1. The number of halogens is 1. The Bertz CT molecular complexity index is 297. The Hall–Kier alpha value is -0.870. The van der Waals surface area contributed by atoms with Crippen LogP contribution in [0.2, 0.25) is 5.15 Å². The van der Waals surface area contributed by atoms with Crippen LogP contribution >= 0.6 is 11.6 Å². The SMILES string of the molecule is CC.OC1CCN(c2ccc(Cl)nn2)CC1. The topological polar surface area (TPSA) is 49.2 Å². The van der Waals surface area contributed by atoms with E-state index in [2.05, 4.69) is 15.1 Å². The van der Waals surface area contributed by atoms with Gasteiger partial charge in [0.2, 0.25) is 0 Å². The van der Waals surface area contributed by atoms with Crippen molar-refractivity contribution < 1.29 is 5.11 Å². The lowest BCUT2D eigenvalue weighted by Gasteiger charge is -2.29. The lowest BCUT2D eigenvalue weighted by molar-refractivity contribution is 0.145. The van der Waals surface area contributed by atoms with Gasteiger partial charge in [0.25, 0.3) is 0 Å². The zero-order valence-corrected chi connectivity index (χ0v) is 10.5. The predicted molar refractivity (Wildman–Crippen MR) is 65.8 cm³/mol. The molecule has 0 unspecified atom stereocenters. The standard InChI is InChI=1S/C9H12ClN3O.C2H6/c10-8-1-2-9(12-11-8)13-5-3-7(14)4-6-13;1-2/h1-2,7,14H,3-6H2;1-2H3. The first-order chi connectivity index (χ1) is 7.75. The average Bonchev–Trinajstić information content (AvgIpc) is 2.34. The molecule has 1 aliphatic rings. The molecule has 1 aliphatic heterocycles. The van der Waals surface area contributed by atoms with E-state index in [1.165, 1.54) is 0 Å². The van der Waals surface area contributed by atoms with Crippen LogP contribution in [0.15, 0.2) is 12.1 Å². The molecule has 2 heterocycles. The van der Waals surface area contributed by atoms with Gasteiger partial charge in [-0.25, -0.2) is 0 Å². The molecule has 0 aromatic carbocycles. The van der Waals surface area contributed by atoms with E-state index in [4.69, 9.17) is 11.6 Å². The van der Waals surface area contributed by atoms with Crippen molar-refractivity contribution in [1.82, 2.24) is 10.2 Å². The van der Waals surface area contributed by atoms with E-state index in [1.54, 1.807) is 6.07 Å². The van der Waals surface area contributed by atoms with E-state index in [1.807, 2.05) is 19.9 Å². The van der Waals surface area contributed by atoms with Gasteiger partial charge in [0.1, 0.15) is 0 Å². The van der Waals surface area contributed by atoms with Crippen molar-refractivity contribution in [3.8, 4) is 0 Å². The summed E-state index contributed by atoms with van der Waals surface area (Å²) in [4.78, 5) is 2.11. The number of anilines is 1. The van der Waals surface area contributed by atoms with E-state index < -0.39 is 0 Å². The van der Waals surface area contributed by atoms with Crippen molar-refractivity contribution in [1.29, 1.82) is 0 Å². The second-order valence-electron chi connectivity index (χ2n) is 3.43. The van der Waals surface area contributed by atoms with Crippen LogP contribution in [0.4, 0.5) is 5.82 Å². The number of hydrogen-bond acceptors (Lipinski definition) is 4. The number of nitrogens with zero attached hydrogens (tertiary/aromatic N) is 3. The molecule has 0 aliphatic carbocycles. The van der Waals surface area contributed by atoms with Crippen molar-refractivity contribution in [2.75, 3.05) is 18.0 Å². The first-order valence-corrected chi connectivity index (χ1v) is 6.06. The number of aliphatic hydroxyl groups excluding tert-OH is 1. The number of aromatic nitrogens is 2. The minimum atomic E-state index is -0.161. The third-order valence-electron chi connectivity index (χ3n) is 2.41. The van der Waals surface area contributed by atoms with Crippen molar-refractivity contribution in [3.63, 3.8) is 0 Å². The van der Waals surface area contributed by atoms with Gasteiger partial charge in [-0.05, 0) is 25.0 Å². The molecule has 1 N–H and O–H groups in total. The highest BCUT2D eigenvalue weighted by Crippen LogP contribution is 2.17. The zero-order chi connectivity index (χ0) is 12.0.